The predicted molar refractivity (Wildman–Crippen MR) is 70.3 cm³/mol. The number of piperidine rings is 1. The highest BCUT2D eigenvalue weighted by Crippen LogP contribution is 2.29. The molecule has 21 heavy (non-hydrogen) atoms. The van der Waals surface area contributed by atoms with Gasteiger partial charge >= 0.3 is 6.18 Å². The molecular formula is C14H21F3N2O2. The molecule has 1 saturated heterocycles. The Hall–Kier alpha value is -1.27. The second-order valence-electron chi connectivity index (χ2n) is 6.20. The van der Waals surface area contributed by atoms with E-state index in [1.165, 1.54) is 0 Å². The molecule has 0 aromatic heterocycles. The summed E-state index contributed by atoms with van der Waals surface area (Å²) >= 11 is 0. The zero-order chi connectivity index (χ0) is 15.6. The van der Waals surface area contributed by atoms with Crippen molar-refractivity contribution in [1.82, 2.24) is 10.6 Å². The highest BCUT2D eigenvalue weighted by atomic mass is 19.4. The zero-order valence-electron chi connectivity index (χ0n) is 12.0. The van der Waals surface area contributed by atoms with Gasteiger partial charge < -0.3 is 10.6 Å². The standard InChI is InChI=1S/C14H21F3N2O2/c1-8-2-4-9(5-3-8)18-12(20)10-6-7-11(14(15,16)17)19-13(10)21/h8-11H,2-7H2,1H3,(H,18,20)(H,19,21)/t8?,9?,10-,11+/m1/s1. The topological polar surface area (TPSA) is 58.2 Å². The highest BCUT2D eigenvalue weighted by Gasteiger charge is 2.46. The van der Waals surface area contributed by atoms with Gasteiger partial charge in [-0.2, -0.15) is 13.2 Å². The van der Waals surface area contributed by atoms with Crippen molar-refractivity contribution in [2.45, 2.75) is 63.7 Å². The average Bonchev–Trinajstić information content (AvgIpc) is 2.40. The van der Waals surface area contributed by atoms with E-state index < -0.39 is 30.0 Å². The molecule has 1 saturated carbocycles. The van der Waals surface area contributed by atoms with Gasteiger partial charge in [0.1, 0.15) is 12.0 Å². The SMILES string of the molecule is CC1CCC(NC(=O)[C@H]2CC[C@@H](C(F)(F)F)NC2=O)CC1. The summed E-state index contributed by atoms with van der Waals surface area (Å²) in [6, 6.07) is -1.79. The van der Waals surface area contributed by atoms with Gasteiger partial charge in [-0.25, -0.2) is 0 Å². The summed E-state index contributed by atoms with van der Waals surface area (Å²) < 4.78 is 37.6. The molecule has 2 fully saturated rings. The van der Waals surface area contributed by atoms with Gasteiger partial charge in [0.25, 0.3) is 0 Å². The van der Waals surface area contributed by atoms with Gasteiger partial charge in [0, 0.05) is 6.04 Å². The van der Waals surface area contributed by atoms with Gasteiger partial charge in [-0.15, -0.1) is 0 Å². The van der Waals surface area contributed by atoms with Crippen LogP contribution in [0.25, 0.3) is 0 Å². The third-order valence-corrected chi connectivity index (χ3v) is 4.45. The molecule has 0 bridgehead atoms. The van der Waals surface area contributed by atoms with Gasteiger partial charge in [-0.3, -0.25) is 9.59 Å². The first-order chi connectivity index (χ1) is 9.77. The number of halogens is 3. The van der Waals surface area contributed by atoms with Crippen LogP contribution < -0.4 is 10.6 Å². The van der Waals surface area contributed by atoms with E-state index in [1.54, 1.807) is 0 Å². The lowest BCUT2D eigenvalue weighted by atomic mass is 9.86. The molecule has 2 N–H and O–H groups in total. The molecule has 4 nitrogen and oxygen atoms in total. The molecule has 0 unspecified atom stereocenters. The Morgan fingerprint density at radius 1 is 1.14 bits per heavy atom. The van der Waals surface area contributed by atoms with Crippen molar-refractivity contribution in [3.63, 3.8) is 0 Å². The molecule has 1 aliphatic carbocycles. The average molecular weight is 306 g/mol. The summed E-state index contributed by atoms with van der Waals surface area (Å²) in [5, 5.41) is 4.72. The van der Waals surface area contributed by atoms with Crippen molar-refractivity contribution < 1.29 is 22.8 Å². The minimum absolute atomic E-state index is 0.0434. The van der Waals surface area contributed by atoms with Gasteiger partial charge in [-0.05, 0) is 44.4 Å². The van der Waals surface area contributed by atoms with Crippen LogP contribution in [0.3, 0.4) is 0 Å². The highest BCUT2D eigenvalue weighted by molar-refractivity contribution is 6.01. The molecule has 7 heteroatoms. The molecule has 120 valence electrons. The molecule has 0 radical (unpaired) electrons. The number of hydrogen-bond acceptors (Lipinski definition) is 2. The third-order valence-electron chi connectivity index (χ3n) is 4.45. The van der Waals surface area contributed by atoms with E-state index in [-0.39, 0.29) is 18.9 Å². The Labute approximate surface area is 121 Å². The van der Waals surface area contributed by atoms with E-state index in [1.807, 2.05) is 5.32 Å². The van der Waals surface area contributed by atoms with E-state index >= 15 is 0 Å². The molecule has 2 aliphatic rings. The van der Waals surface area contributed by atoms with Gasteiger partial charge in [0.2, 0.25) is 11.8 Å². The Bertz CT molecular complexity index is 404. The molecule has 1 heterocycles. The zero-order valence-corrected chi connectivity index (χ0v) is 12.0. The van der Waals surface area contributed by atoms with E-state index in [4.69, 9.17) is 0 Å². The second-order valence-corrected chi connectivity index (χ2v) is 6.20. The van der Waals surface area contributed by atoms with Gasteiger partial charge in [0.05, 0.1) is 0 Å². The molecule has 2 rings (SSSR count). The van der Waals surface area contributed by atoms with E-state index in [9.17, 15) is 22.8 Å². The van der Waals surface area contributed by atoms with Crippen molar-refractivity contribution in [2.24, 2.45) is 11.8 Å². The van der Waals surface area contributed by atoms with Crippen LogP contribution in [0.1, 0.15) is 45.4 Å². The predicted octanol–water partition coefficient (Wildman–Crippen LogP) is 2.14. The molecule has 2 amide bonds. The fraction of sp³-hybridized carbons (Fsp3) is 0.857. The van der Waals surface area contributed by atoms with Crippen LogP contribution in [-0.2, 0) is 9.59 Å². The normalized spacial score (nSPS) is 34.2. The van der Waals surface area contributed by atoms with Crippen LogP contribution in [-0.4, -0.2) is 30.1 Å². The maximum absolute atomic E-state index is 12.5. The molecule has 0 spiro atoms. The van der Waals surface area contributed by atoms with E-state index in [0.29, 0.717) is 5.92 Å². The Morgan fingerprint density at radius 3 is 2.29 bits per heavy atom. The fourth-order valence-electron chi connectivity index (χ4n) is 3.01. The lowest BCUT2D eigenvalue weighted by Crippen LogP contribution is -2.55. The first-order valence-electron chi connectivity index (χ1n) is 7.45. The minimum atomic E-state index is -4.45. The summed E-state index contributed by atoms with van der Waals surface area (Å²) in [6.45, 7) is 2.16. The quantitative estimate of drug-likeness (QED) is 0.768. The smallest absolute Gasteiger partial charge is 0.353 e. The van der Waals surface area contributed by atoms with Gasteiger partial charge in [-0.1, -0.05) is 6.92 Å². The van der Waals surface area contributed by atoms with Crippen LogP contribution in [0.15, 0.2) is 0 Å². The Balaban J connectivity index is 1.85. The number of hydrogen-bond donors (Lipinski definition) is 2. The van der Waals surface area contributed by atoms with E-state index in [2.05, 4.69) is 12.2 Å². The van der Waals surface area contributed by atoms with Crippen LogP contribution in [0.4, 0.5) is 13.2 Å². The Morgan fingerprint density at radius 2 is 1.76 bits per heavy atom. The number of amides is 2. The van der Waals surface area contributed by atoms with Crippen molar-refractivity contribution in [2.75, 3.05) is 0 Å². The largest absolute Gasteiger partial charge is 0.408 e. The molecule has 0 aromatic carbocycles. The molecular weight excluding hydrogens is 285 g/mol. The first-order valence-corrected chi connectivity index (χ1v) is 7.45. The lowest BCUT2D eigenvalue weighted by molar-refractivity contribution is -0.171. The van der Waals surface area contributed by atoms with Crippen molar-refractivity contribution >= 4 is 11.8 Å². The van der Waals surface area contributed by atoms with Crippen molar-refractivity contribution in [3.05, 3.63) is 0 Å². The van der Waals surface area contributed by atoms with Crippen molar-refractivity contribution in [1.29, 1.82) is 0 Å². The first kappa shape index (κ1) is 16.1. The second kappa shape index (κ2) is 6.23. The maximum Gasteiger partial charge on any atom is 0.408 e. The molecule has 1 aliphatic heterocycles. The number of carbonyl (C=O) groups is 2. The molecule has 0 aromatic rings. The summed E-state index contributed by atoms with van der Waals surface area (Å²) in [7, 11) is 0. The lowest BCUT2D eigenvalue weighted by Gasteiger charge is -2.32. The number of alkyl halides is 3. The number of nitrogens with one attached hydrogen (secondary N) is 2. The van der Waals surface area contributed by atoms with Gasteiger partial charge in [0.15, 0.2) is 0 Å². The maximum atomic E-state index is 12.5. The fourth-order valence-corrected chi connectivity index (χ4v) is 3.01. The summed E-state index contributed by atoms with van der Waals surface area (Å²) in [5.74, 6) is -1.61. The van der Waals surface area contributed by atoms with E-state index in [0.717, 1.165) is 25.7 Å². The third kappa shape index (κ3) is 4.11. The number of rotatable bonds is 2. The van der Waals surface area contributed by atoms with Crippen LogP contribution in [0, 0.1) is 11.8 Å². The van der Waals surface area contributed by atoms with Crippen LogP contribution in [0.2, 0.25) is 0 Å². The summed E-state index contributed by atoms with van der Waals surface area (Å²) in [5.41, 5.74) is 0. The monoisotopic (exact) mass is 306 g/mol. The van der Waals surface area contributed by atoms with Crippen LogP contribution >= 0.6 is 0 Å². The molecule has 2 atom stereocenters. The van der Waals surface area contributed by atoms with Crippen molar-refractivity contribution in [3.8, 4) is 0 Å². The summed E-state index contributed by atoms with van der Waals surface area (Å²) in [4.78, 5) is 23.8. The number of carbonyl (C=O) groups excluding carboxylic acids is 2. The Kier molecular flexibility index (Phi) is 4.78. The minimum Gasteiger partial charge on any atom is -0.353 e. The summed E-state index contributed by atoms with van der Waals surface area (Å²) in [6.07, 6.45) is -0.953. The van der Waals surface area contributed by atoms with Crippen LogP contribution in [0.5, 0.6) is 0 Å².